The Morgan fingerprint density at radius 1 is 1.53 bits per heavy atom. The standard InChI is InChI=1S/C7H7N3O4S/c8-6-3-5(15(11,12)13)1-2-7(6)14-4-10-9/h1-3H,4,8H2/p+1. The molecule has 0 spiro atoms. The lowest BCUT2D eigenvalue weighted by atomic mass is 10.3. The van der Waals surface area contributed by atoms with Crippen LogP contribution in [0, 0.1) is 5.39 Å². The van der Waals surface area contributed by atoms with Gasteiger partial charge in [0.25, 0.3) is 10.1 Å². The summed E-state index contributed by atoms with van der Waals surface area (Å²) in [6.45, 7) is -0.310. The summed E-state index contributed by atoms with van der Waals surface area (Å²) in [6, 6.07) is 3.42. The third-order valence-electron chi connectivity index (χ3n) is 1.56. The molecule has 1 aromatic rings. The van der Waals surface area contributed by atoms with Crippen LogP contribution in [0.1, 0.15) is 0 Å². The van der Waals surface area contributed by atoms with Crippen molar-refractivity contribution in [2.45, 2.75) is 4.90 Å². The molecule has 1 rings (SSSR count). The first kappa shape index (κ1) is 11.2. The minimum Gasteiger partial charge on any atom is -0.418 e. The van der Waals surface area contributed by atoms with E-state index in [1.807, 2.05) is 0 Å². The molecule has 8 heteroatoms. The summed E-state index contributed by atoms with van der Waals surface area (Å²) in [6.07, 6.45) is 0. The molecule has 0 saturated carbocycles. The molecular weight excluding hydrogens is 222 g/mol. The van der Waals surface area contributed by atoms with Gasteiger partial charge in [0, 0.05) is 0 Å². The molecule has 0 heterocycles. The predicted octanol–water partition coefficient (Wildman–Crippen LogP) is 0.705. The van der Waals surface area contributed by atoms with Crippen molar-refractivity contribution in [2.75, 3.05) is 12.5 Å². The molecule has 7 nitrogen and oxygen atoms in total. The normalized spacial score (nSPS) is 10.7. The number of nitrogens with two attached hydrogens (primary N) is 1. The largest absolute Gasteiger partial charge is 0.447 e. The highest BCUT2D eigenvalue weighted by molar-refractivity contribution is 7.85. The average molecular weight is 230 g/mol. The maximum atomic E-state index is 10.7. The van der Waals surface area contributed by atoms with Gasteiger partial charge in [0.05, 0.1) is 10.6 Å². The highest BCUT2D eigenvalue weighted by atomic mass is 32.2. The second kappa shape index (κ2) is 4.12. The van der Waals surface area contributed by atoms with E-state index < -0.39 is 10.1 Å². The van der Waals surface area contributed by atoms with Gasteiger partial charge in [-0.1, -0.05) is 0 Å². The first-order valence-electron chi connectivity index (χ1n) is 3.76. The van der Waals surface area contributed by atoms with Gasteiger partial charge < -0.3 is 10.5 Å². The Morgan fingerprint density at radius 3 is 2.67 bits per heavy atom. The quantitative estimate of drug-likeness (QED) is 0.448. The van der Waals surface area contributed by atoms with Crippen molar-refractivity contribution in [1.29, 1.82) is 5.39 Å². The minimum atomic E-state index is -4.27. The first-order valence-corrected chi connectivity index (χ1v) is 5.20. The van der Waals surface area contributed by atoms with Gasteiger partial charge in [0.2, 0.25) is 5.39 Å². The minimum absolute atomic E-state index is 0.0220. The monoisotopic (exact) mass is 230 g/mol. The molecule has 0 radical (unpaired) electrons. The van der Waals surface area contributed by atoms with Crippen LogP contribution in [0.4, 0.5) is 5.69 Å². The van der Waals surface area contributed by atoms with Crippen molar-refractivity contribution in [3.8, 4) is 5.75 Å². The van der Waals surface area contributed by atoms with E-state index in [2.05, 4.69) is 4.98 Å². The molecular formula is C7H8N3O4S+. The van der Waals surface area contributed by atoms with Crippen molar-refractivity contribution >= 4 is 15.8 Å². The summed E-state index contributed by atoms with van der Waals surface area (Å²) in [5.41, 5.74) is 5.46. The van der Waals surface area contributed by atoms with Crippen LogP contribution < -0.4 is 10.5 Å². The second-order valence-corrected chi connectivity index (χ2v) is 4.01. The lowest BCUT2D eigenvalue weighted by Gasteiger charge is -2.03. The van der Waals surface area contributed by atoms with E-state index >= 15 is 0 Å². The fraction of sp³-hybridized carbons (Fsp3) is 0.143. The molecule has 0 fully saturated rings. The molecule has 0 saturated heterocycles. The summed E-state index contributed by atoms with van der Waals surface area (Å²) in [5.74, 6) is 0.167. The molecule has 0 aliphatic carbocycles. The lowest BCUT2D eigenvalue weighted by molar-refractivity contribution is 0.360. The van der Waals surface area contributed by atoms with Crippen molar-refractivity contribution in [3.05, 3.63) is 23.2 Å². The van der Waals surface area contributed by atoms with Crippen LogP contribution in [0.2, 0.25) is 0 Å². The van der Waals surface area contributed by atoms with Crippen LogP contribution in [0.15, 0.2) is 23.1 Å². The maximum absolute atomic E-state index is 10.7. The van der Waals surface area contributed by atoms with Crippen molar-refractivity contribution < 1.29 is 17.7 Å². The molecule has 0 atom stereocenters. The molecule has 0 aliphatic heterocycles. The molecule has 0 aliphatic rings. The summed E-state index contributed by atoms with van der Waals surface area (Å²) in [4.78, 5) is 2.37. The number of diazo groups is 1. The van der Waals surface area contributed by atoms with Gasteiger partial charge in [-0.2, -0.15) is 8.42 Å². The molecule has 0 aromatic heterocycles. The van der Waals surface area contributed by atoms with Crippen LogP contribution in [-0.4, -0.2) is 19.7 Å². The second-order valence-electron chi connectivity index (χ2n) is 2.59. The van der Waals surface area contributed by atoms with Gasteiger partial charge in [-0.3, -0.25) is 4.55 Å². The third-order valence-corrected chi connectivity index (χ3v) is 2.41. The van der Waals surface area contributed by atoms with Gasteiger partial charge in [0.15, 0.2) is 10.7 Å². The summed E-state index contributed by atoms with van der Waals surface area (Å²) in [5, 5.41) is 8.13. The number of benzene rings is 1. The van der Waals surface area contributed by atoms with Crippen LogP contribution in [0.5, 0.6) is 5.75 Å². The summed E-state index contributed by atoms with van der Waals surface area (Å²) < 4.78 is 35.0. The van der Waals surface area contributed by atoms with E-state index in [-0.39, 0.29) is 23.1 Å². The summed E-state index contributed by atoms with van der Waals surface area (Å²) >= 11 is 0. The molecule has 0 bridgehead atoms. The van der Waals surface area contributed by atoms with Gasteiger partial charge in [-0.05, 0) is 18.2 Å². The zero-order valence-corrected chi connectivity index (χ0v) is 8.31. The van der Waals surface area contributed by atoms with Crippen LogP contribution >= 0.6 is 0 Å². The number of ether oxygens (including phenoxy) is 1. The van der Waals surface area contributed by atoms with Crippen molar-refractivity contribution in [2.24, 2.45) is 0 Å². The van der Waals surface area contributed by atoms with E-state index in [1.54, 1.807) is 0 Å². The lowest BCUT2D eigenvalue weighted by Crippen LogP contribution is -2.01. The molecule has 1 aromatic carbocycles. The molecule has 3 N–H and O–H groups in total. The number of rotatable bonds is 3. The van der Waals surface area contributed by atoms with E-state index in [1.165, 1.54) is 6.07 Å². The Kier molecular flexibility index (Phi) is 3.08. The van der Waals surface area contributed by atoms with E-state index in [0.29, 0.717) is 0 Å². The topological polar surface area (TPSA) is 118 Å². The zero-order chi connectivity index (χ0) is 11.5. The zero-order valence-electron chi connectivity index (χ0n) is 7.49. The fourth-order valence-corrected chi connectivity index (χ4v) is 1.43. The van der Waals surface area contributed by atoms with Crippen molar-refractivity contribution in [1.82, 2.24) is 0 Å². The van der Waals surface area contributed by atoms with E-state index in [4.69, 9.17) is 20.4 Å². The van der Waals surface area contributed by atoms with Crippen LogP contribution in [-0.2, 0) is 10.1 Å². The average Bonchev–Trinajstić information content (AvgIpc) is 2.14. The number of anilines is 1. The van der Waals surface area contributed by atoms with E-state index in [0.717, 1.165) is 12.1 Å². The summed E-state index contributed by atoms with van der Waals surface area (Å²) in [7, 11) is -4.27. The van der Waals surface area contributed by atoms with Gasteiger partial charge in [-0.25, -0.2) is 0 Å². The third kappa shape index (κ3) is 2.80. The molecule has 15 heavy (non-hydrogen) atoms. The highest BCUT2D eigenvalue weighted by Crippen LogP contribution is 2.24. The Balaban J connectivity index is 3.05. The van der Waals surface area contributed by atoms with Crippen LogP contribution in [0.25, 0.3) is 4.98 Å². The van der Waals surface area contributed by atoms with Gasteiger partial charge >= 0.3 is 6.73 Å². The number of hydrogen-bond donors (Lipinski definition) is 2. The number of nitrogen functional groups attached to an aromatic ring is 1. The number of nitrogens with zero attached hydrogens (tertiary/aromatic N) is 2. The van der Waals surface area contributed by atoms with Crippen molar-refractivity contribution in [3.63, 3.8) is 0 Å². The van der Waals surface area contributed by atoms with Crippen LogP contribution in [0.3, 0.4) is 0 Å². The maximum Gasteiger partial charge on any atom is 0.447 e. The van der Waals surface area contributed by atoms with Gasteiger partial charge in [0.1, 0.15) is 0 Å². The van der Waals surface area contributed by atoms with Gasteiger partial charge in [-0.15, -0.1) is 0 Å². The Morgan fingerprint density at radius 2 is 2.20 bits per heavy atom. The first-order chi connectivity index (χ1) is 6.95. The Bertz CT molecular complexity index is 505. The fourth-order valence-electron chi connectivity index (χ4n) is 0.917. The molecule has 0 unspecified atom stereocenters. The van der Waals surface area contributed by atoms with E-state index in [9.17, 15) is 8.42 Å². The smallest absolute Gasteiger partial charge is 0.418 e. The Labute approximate surface area is 85.8 Å². The molecule has 0 amide bonds. The molecule has 80 valence electrons. The predicted molar refractivity (Wildman–Crippen MR) is 51.2 cm³/mol. The number of hydrogen-bond acceptors (Lipinski definition) is 5. The highest BCUT2D eigenvalue weighted by Gasteiger charge is 2.12. The Hall–Kier alpha value is -1.85. The SMILES string of the molecule is N#[N+]COc1ccc(S(=O)(=O)O)cc1N.